The molecule has 6 heteroatoms. The summed E-state index contributed by atoms with van der Waals surface area (Å²) in [6.07, 6.45) is 0. The number of rotatable bonds is 3. The number of fused-ring (bicyclic) bond motifs is 2. The second-order valence-electron chi connectivity index (χ2n) is 6.78. The number of carbonyl (C=O) groups excluding carboxylic acids is 1. The Bertz CT molecular complexity index is 1430. The molecule has 0 aliphatic carbocycles. The number of carbonyl (C=O) groups is 1. The van der Waals surface area contributed by atoms with Crippen LogP contribution in [0.1, 0.15) is 10.4 Å². The Kier molecular flexibility index (Phi) is 4.77. The third kappa shape index (κ3) is 3.36. The molecule has 4 nitrogen and oxygen atoms in total. The minimum absolute atomic E-state index is 0.187. The Morgan fingerprint density at radius 1 is 0.933 bits per heavy atom. The van der Waals surface area contributed by atoms with Crippen LogP contribution in [0.4, 0.5) is 5.69 Å². The zero-order valence-electron chi connectivity index (χ0n) is 15.5. The molecule has 30 heavy (non-hydrogen) atoms. The highest BCUT2D eigenvalue weighted by atomic mass is 79.9. The predicted octanol–water partition coefficient (Wildman–Crippen LogP) is 7.32. The van der Waals surface area contributed by atoms with E-state index in [9.17, 15) is 4.79 Å². The van der Waals surface area contributed by atoms with E-state index in [1.54, 1.807) is 24.3 Å². The van der Waals surface area contributed by atoms with Crippen LogP contribution in [0.15, 0.2) is 87.8 Å². The smallest absolute Gasteiger partial charge is 0.256 e. The molecule has 0 saturated heterocycles. The van der Waals surface area contributed by atoms with Crippen molar-refractivity contribution in [2.45, 2.75) is 0 Å². The molecular weight excluding hydrogens is 464 g/mol. The third-order valence-electron chi connectivity index (χ3n) is 4.86. The normalized spacial score (nSPS) is 11.1. The fourth-order valence-corrected chi connectivity index (χ4v) is 4.14. The Morgan fingerprint density at radius 3 is 2.60 bits per heavy atom. The molecule has 1 aromatic heterocycles. The topological polar surface area (TPSA) is 55.1 Å². The van der Waals surface area contributed by atoms with E-state index in [2.05, 4.69) is 26.2 Å². The molecule has 0 fully saturated rings. The number of oxazole rings is 1. The van der Waals surface area contributed by atoms with Gasteiger partial charge in [-0.25, -0.2) is 4.98 Å². The average Bonchev–Trinajstić information content (AvgIpc) is 3.17. The third-order valence-corrected chi connectivity index (χ3v) is 5.88. The molecule has 1 amide bonds. The van der Waals surface area contributed by atoms with Gasteiger partial charge in [-0.2, -0.15) is 0 Å². The summed E-state index contributed by atoms with van der Waals surface area (Å²) in [5.41, 5.74) is 3.23. The minimum Gasteiger partial charge on any atom is -0.436 e. The van der Waals surface area contributed by atoms with E-state index in [1.807, 2.05) is 54.6 Å². The van der Waals surface area contributed by atoms with Gasteiger partial charge in [-0.15, -0.1) is 0 Å². The maximum atomic E-state index is 13.0. The number of aromatic nitrogens is 1. The van der Waals surface area contributed by atoms with Gasteiger partial charge in [0.15, 0.2) is 5.58 Å². The molecule has 5 aromatic rings. The maximum Gasteiger partial charge on any atom is 0.256 e. The molecule has 0 saturated carbocycles. The van der Waals surface area contributed by atoms with Gasteiger partial charge in [0.05, 0.1) is 10.6 Å². The van der Waals surface area contributed by atoms with Crippen LogP contribution in [-0.2, 0) is 0 Å². The number of nitrogens with one attached hydrogen (secondary N) is 1. The van der Waals surface area contributed by atoms with Gasteiger partial charge in [0.25, 0.3) is 5.91 Å². The SMILES string of the molecule is O=C(Nc1ccc2oc(-c3ccccc3Cl)nc2c1)c1cccc2c(Br)cccc12. The average molecular weight is 478 g/mol. The van der Waals surface area contributed by atoms with E-state index in [0.29, 0.717) is 33.3 Å². The highest BCUT2D eigenvalue weighted by Gasteiger charge is 2.14. The van der Waals surface area contributed by atoms with Crippen molar-refractivity contribution in [1.82, 2.24) is 4.98 Å². The van der Waals surface area contributed by atoms with Crippen molar-refractivity contribution in [3.05, 3.63) is 93.9 Å². The van der Waals surface area contributed by atoms with E-state index < -0.39 is 0 Å². The lowest BCUT2D eigenvalue weighted by molar-refractivity contribution is 0.102. The molecule has 0 spiro atoms. The summed E-state index contributed by atoms with van der Waals surface area (Å²) in [4.78, 5) is 17.5. The summed E-state index contributed by atoms with van der Waals surface area (Å²) < 4.78 is 6.79. The van der Waals surface area contributed by atoms with Crippen molar-refractivity contribution in [2.75, 3.05) is 5.32 Å². The first-order chi connectivity index (χ1) is 14.6. The number of hydrogen-bond acceptors (Lipinski definition) is 3. The number of benzene rings is 4. The van der Waals surface area contributed by atoms with E-state index >= 15 is 0 Å². The summed E-state index contributed by atoms with van der Waals surface area (Å²) in [5.74, 6) is 0.255. The molecule has 1 N–H and O–H groups in total. The molecule has 0 radical (unpaired) electrons. The number of anilines is 1. The lowest BCUT2D eigenvalue weighted by Crippen LogP contribution is -2.12. The van der Waals surface area contributed by atoms with Crippen LogP contribution in [0.3, 0.4) is 0 Å². The first kappa shape index (κ1) is 18.9. The maximum absolute atomic E-state index is 13.0. The highest BCUT2D eigenvalue weighted by Crippen LogP contribution is 2.31. The fourth-order valence-electron chi connectivity index (χ4n) is 3.42. The molecule has 1 heterocycles. The van der Waals surface area contributed by atoms with E-state index in [1.165, 1.54) is 0 Å². The van der Waals surface area contributed by atoms with Gasteiger partial charge in [0.1, 0.15) is 5.52 Å². The zero-order valence-corrected chi connectivity index (χ0v) is 17.9. The highest BCUT2D eigenvalue weighted by molar-refractivity contribution is 9.10. The lowest BCUT2D eigenvalue weighted by atomic mass is 10.0. The van der Waals surface area contributed by atoms with Crippen molar-refractivity contribution in [1.29, 1.82) is 0 Å². The van der Waals surface area contributed by atoms with Gasteiger partial charge in [-0.05, 0) is 53.2 Å². The van der Waals surface area contributed by atoms with E-state index in [4.69, 9.17) is 16.0 Å². The van der Waals surface area contributed by atoms with Crippen molar-refractivity contribution < 1.29 is 9.21 Å². The van der Waals surface area contributed by atoms with Gasteiger partial charge in [-0.3, -0.25) is 4.79 Å². The standard InChI is InChI=1S/C24H14BrClN2O2/c25-19-9-4-6-15-16(19)7-3-8-17(15)23(29)27-14-11-12-22-21(13-14)28-24(30-22)18-5-1-2-10-20(18)26/h1-13H,(H,27,29). The van der Waals surface area contributed by atoms with E-state index in [-0.39, 0.29) is 5.91 Å². The number of hydrogen-bond donors (Lipinski definition) is 1. The molecular formula is C24H14BrClN2O2. The van der Waals surface area contributed by atoms with Crippen LogP contribution in [0.25, 0.3) is 33.3 Å². The Morgan fingerprint density at radius 2 is 1.73 bits per heavy atom. The first-order valence-electron chi connectivity index (χ1n) is 9.24. The van der Waals surface area contributed by atoms with Gasteiger partial charge < -0.3 is 9.73 Å². The van der Waals surface area contributed by atoms with Gasteiger partial charge >= 0.3 is 0 Å². The predicted molar refractivity (Wildman–Crippen MR) is 124 cm³/mol. The molecule has 0 atom stereocenters. The molecule has 0 aliphatic rings. The van der Waals surface area contributed by atoms with Crippen molar-refractivity contribution in [2.24, 2.45) is 0 Å². The Hall–Kier alpha value is -3.15. The van der Waals surface area contributed by atoms with E-state index in [0.717, 1.165) is 20.8 Å². The summed E-state index contributed by atoms with van der Waals surface area (Å²) in [6.45, 7) is 0. The number of nitrogens with zero attached hydrogens (tertiary/aromatic N) is 1. The van der Waals surface area contributed by atoms with Crippen molar-refractivity contribution in [3.63, 3.8) is 0 Å². The summed E-state index contributed by atoms with van der Waals surface area (Å²) >= 11 is 9.79. The van der Waals surface area contributed by atoms with Crippen LogP contribution >= 0.6 is 27.5 Å². The molecule has 4 aromatic carbocycles. The van der Waals surface area contributed by atoms with Crippen LogP contribution < -0.4 is 5.32 Å². The minimum atomic E-state index is -0.187. The molecule has 0 aliphatic heterocycles. The summed E-state index contributed by atoms with van der Waals surface area (Å²) in [5, 5.41) is 5.40. The quantitative estimate of drug-likeness (QED) is 0.296. The van der Waals surface area contributed by atoms with Gasteiger partial charge in [-0.1, -0.05) is 63.9 Å². The largest absolute Gasteiger partial charge is 0.436 e. The first-order valence-corrected chi connectivity index (χ1v) is 10.4. The van der Waals surface area contributed by atoms with Gasteiger partial charge in [0.2, 0.25) is 5.89 Å². The lowest BCUT2D eigenvalue weighted by Gasteiger charge is -2.09. The van der Waals surface area contributed by atoms with Crippen molar-refractivity contribution >= 4 is 61.0 Å². The van der Waals surface area contributed by atoms with Crippen molar-refractivity contribution in [3.8, 4) is 11.5 Å². The van der Waals surface area contributed by atoms with Crippen LogP contribution in [-0.4, -0.2) is 10.9 Å². The molecule has 5 rings (SSSR count). The Balaban J connectivity index is 1.48. The second kappa shape index (κ2) is 7.59. The van der Waals surface area contributed by atoms with Crippen LogP contribution in [0, 0.1) is 0 Å². The Labute approximate surface area is 185 Å². The molecule has 0 unspecified atom stereocenters. The zero-order chi connectivity index (χ0) is 20.7. The summed E-state index contributed by atoms with van der Waals surface area (Å²) in [7, 11) is 0. The molecule has 146 valence electrons. The van der Waals surface area contributed by atoms with Crippen LogP contribution in [0.5, 0.6) is 0 Å². The fraction of sp³-hybridized carbons (Fsp3) is 0. The van der Waals surface area contributed by atoms with Crippen LogP contribution in [0.2, 0.25) is 5.02 Å². The monoisotopic (exact) mass is 476 g/mol. The molecule has 0 bridgehead atoms. The second-order valence-corrected chi connectivity index (χ2v) is 8.04. The number of halogens is 2. The number of amides is 1. The van der Waals surface area contributed by atoms with Gasteiger partial charge in [0, 0.05) is 15.7 Å². The summed E-state index contributed by atoms with van der Waals surface area (Å²) in [6, 6.07) is 24.2.